The van der Waals surface area contributed by atoms with Crippen LogP contribution in [0.25, 0.3) is 0 Å². The summed E-state index contributed by atoms with van der Waals surface area (Å²) in [6.07, 6.45) is 4.90. The number of nitrogens with one attached hydrogen (secondary N) is 1. The zero-order chi connectivity index (χ0) is 14.8. The van der Waals surface area contributed by atoms with Gasteiger partial charge >= 0.3 is 0 Å². The van der Waals surface area contributed by atoms with Gasteiger partial charge in [0.15, 0.2) is 0 Å². The van der Waals surface area contributed by atoms with Crippen LogP contribution in [0.2, 0.25) is 0 Å². The first-order chi connectivity index (χ1) is 9.71. The lowest BCUT2D eigenvalue weighted by Crippen LogP contribution is -2.35. The van der Waals surface area contributed by atoms with Crippen LogP contribution in [0, 0.1) is 0 Å². The minimum absolute atomic E-state index is 0.117. The molecule has 6 heteroatoms. The highest BCUT2D eigenvalue weighted by Crippen LogP contribution is 1.99. The molecule has 0 aromatic carbocycles. The highest BCUT2D eigenvalue weighted by Gasteiger charge is 2.13. The maximum absolute atomic E-state index is 12.2. The van der Waals surface area contributed by atoms with Gasteiger partial charge in [-0.15, -0.1) is 5.10 Å². The molecule has 0 aliphatic carbocycles. The van der Waals surface area contributed by atoms with Crippen LogP contribution in [0.3, 0.4) is 0 Å². The average Bonchev–Trinajstić information content (AvgIpc) is 2.86. The van der Waals surface area contributed by atoms with Crippen LogP contribution >= 0.6 is 0 Å². The molecule has 1 aromatic rings. The topological polar surface area (TPSA) is 63.1 Å². The number of carbonyl (C=O) groups is 1. The molecule has 0 spiro atoms. The number of hydrogen-bond donors (Lipinski definition) is 1. The molecule has 1 amide bonds. The van der Waals surface area contributed by atoms with Crippen molar-refractivity contribution < 1.29 is 4.79 Å². The van der Waals surface area contributed by atoms with Crippen molar-refractivity contribution in [1.29, 1.82) is 0 Å². The third kappa shape index (κ3) is 5.69. The molecule has 0 bridgehead atoms. The predicted molar refractivity (Wildman–Crippen MR) is 79.2 cm³/mol. The van der Waals surface area contributed by atoms with Crippen LogP contribution in [0.15, 0.2) is 6.20 Å². The molecule has 20 heavy (non-hydrogen) atoms. The van der Waals surface area contributed by atoms with Crippen LogP contribution < -0.4 is 5.32 Å². The molecule has 0 unspecified atom stereocenters. The Kier molecular flexibility index (Phi) is 7.87. The molecule has 0 aliphatic rings. The molecule has 0 atom stereocenters. The van der Waals surface area contributed by atoms with Crippen LogP contribution in [0.4, 0.5) is 0 Å². The molecule has 0 saturated heterocycles. The van der Waals surface area contributed by atoms with Crippen LogP contribution in [0.5, 0.6) is 0 Å². The Morgan fingerprint density at radius 3 is 2.55 bits per heavy atom. The normalized spacial score (nSPS) is 10.8. The third-order valence-corrected chi connectivity index (χ3v) is 2.96. The van der Waals surface area contributed by atoms with E-state index in [1.54, 1.807) is 4.68 Å². The third-order valence-electron chi connectivity index (χ3n) is 2.96. The second kappa shape index (κ2) is 9.47. The molecule has 0 radical (unpaired) electrons. The first-order valence-electron chi connectivity index (χ1n) is 7.58. The van der Waals surface area contributed by atoms with Crippen molar-refractivity contribution in [3.05, 3.63) is 11.9 Å². The lowest BCUT2D eigenvalue weighted by molar-refractivity contribution is -0.132. The number of carbonyl (C=O) groups excluding carboxylic acids is 1. The van der Waals surface area contributed by atoms with Crippen molar-refractivity contribution in [3.8, 4) is 0 Å². The highest BCUT2D eigenvalue weighted by molar-refractivity contribution is 5.75. The largest absolute Gasteiger partial charge is 0.341 e. The van der Waals surface area contributed by atoms with Gasteiger partial charge in [0.2, 0.25) is 5.91 Å². The smallest absolute Gasteiger partial charge is 0.244 e. The van der Waals surface area contributed by atoms with E-state index in [1.165, 1.54) is 0 Å². The van der Waals surface area contributed by atoms with E-state index >= 15 is 0 Å². The van der Waals surface area contributed by atoms with Gasteiger partial charge in [0.1, 0.15) is 6.54 Å². The van der Waals surface area contributed by atoms with Gasteiger partial charge in [-0.1, -0.05) is 26.0 Å². The van der Waals surface area contributed by atoms with E-state index in [-0.39, 0.29) is 12.5 Å². The van der Waals surface area contributed by atoms with Gasteiger partial charge in [0.05, 0.1) is 11.9 Å². The standard InChI is InChI=1S/C14H27N5O/c1-4-7-15-10-13-11-19(17-16-13)12-14(20)18(8-5-2)9-6-3/h11,15H,4-10,12H2,1-3H3. The lowest BCUT2D eigenvalue weighted by atomic mass is 10.3. The summed E-state index contributed by atoms with van der Waals surface area (Å²) in [7, 11) is 0. The van der Waals surface area contributed by atoms with Gasteiger partial charge in [-0.3, -0.25) is 4.79 Å². The second-order valence-corrected chi connectivity index (χ2v) is 4.97. The van der Waals surface area contributed by atoms with Gasteiger partial charge in [0, 0.05) is 19.6 Å². The predicted octanol–water partition coefficient (Wildman–Crippen LogP) is 1.43. The van der Waals surface area contributed by atoms with E-state index in [0.717, 1.165) is 44.6 Å². The summed E-state index contributed by atoms with van der Waals surface area (Å²) < 4.78 is 1.63. The maximum Gasteiger partial charge on any atom is 0.244 e. The summed E-state index contributed by atoms with van der Waals surface area (Å²) in [5.74, 6) is 0.117. The molecule has 0 aliphatic heterocycles. The van der Waals surface area contributed by atoms with Crippen molar-refractivity contribution in [2.75, 3.05) is 19.6 Å². The molecular weight excluding hydrogens is 254 g/mol. The van der Waals surface area contributed by atoms with Crippen molar-refractivity contribution in [3.63, 3.8) is 0 Å². The van der Waals surface area contributed by atoms with Gasteiger partial charge in [-0.05, 0) is 25.8 Å². The summed E-state index contributed by atoms with van der Waals surface area (Å²) in [6.45, 7) is 9.87. The Morgan fingerprint density at radius 1 is 1.25 bits per heavy atom. The van der Waals surface area contributed by atoms with Crippen LogP contribution in [0.1, 0.15) is 45.7 Å². The van der Waals surface area contributed by atoms with Gasteiger partial charge in [0.25, 0.3) is 0 Å². The summed E-state index contributed by atoms with van der Waals surface area (Å²) >= 11 is 0. The van der Waals surface area contributed by atoms with E-state index in [0.29, 0.717) is 6.54 Å². The maximum atomic E-state index is 12.2. The van der Waals surface area contributed by atoms with Crippen LogP contribution in [-0.2, 0) is 17.9 Å². The first-order valence-corrected chi connectivity index (χ1v) is 7.58. The molecule has 1 N–H and O–H groups in total. The zero-order valence-corrected chi connectivity index (χ0v) is 12.9. The lowest BCUT2D eigenvalue weighted by Gasteiger charge is -2.21. The molecule has 1 rings (SSSR count). The summed E-state index contributed by atoms with van der Waals surface area (Å²) in [5.41, 5.74) is 0.879. The van der Waals surface area contributed by atoms with E-state index in [4.69, 9.17) is 0 Å². The Bertz CT molecular complexity index is 385. The Hall–Kier alpha value is -1.43. The first kappa shape index (κ1) is 16.6. The number of amides is 1. The minimum Gasteiger partial charge on any atom is -0.341 e. The monoisotopic (exact) mass is 281 g/mol. The fraction of sp³-hybridized carbons (Fsp3) is 0.786. The minimum atomic E-state index is 0.117. The molecule has 0 fully saturated rings. The van der Waals surface area contributed by atoms with Crippen molar-refractivity contribution >= 4 is 5.91 Å². The number of hydrogen-bond acceptors (Lipinski definition) is 4. The number of rotatable bonds is 10. The summed E-state index contributed by atoms with van der Waals surface area (Å²) in [5, 5.41) is 11.4. The van der Waals surface area contributed by atoms with Crippen molar-refractivity contribution in [1.82, 2.24) is 25.2 Å². The molecule has 1 heterocycles. The molecule has 6 nitrogen and oxygen atoms in total. The Morgan fingerprint density at radius 2 is 1.95 bits per heavy atom. The van der Waals surface area contributed by atoms with Gasteiger partial charge < -0.3 is 10.2 Å². The summed E-state index contributed by atoms with van der Waals surface area (Å²) in [6, 6.07) is 0. The van der Waals surface area contributed by atoms with E-state index in [9.17, 15) is 4.79 Å². The van der Waals surface area contributed by atoms with Crippen molar-refractivity contribution in [2.45, 2.75) is 53.1 Å². The van der Waals surface area contributed by atoms with E-state index in [2.05, 4.69) is 36.4 Å². The van der Waals surface area contributed by atoms with Crippen molar-refractivity contribution in [2.24, 2.45) is 0 Å². The molecular formula is C14H27N5O. The number of nitrogens with zero attached hydrogens (tertiary/aromatic N) is 4. The Balaban J connectivity index is 2.48. The van der Waals surface area contributed by atoms with Gasteiger partial charge in [-0.25, -0.2) is 4.68 Å². The molecule has 0 saturated carbocycles. The highest BCUT2D eigenvalue weighted by atomic mass is 16.2. The fourth-order valence-corrected chi connectivity index (χ4v) is 2.03. The zero-order valence-electron chi connectivity index (χ0n) is 12.9. The molecule has 1 aromatic heterocycles. The summed E-state index contributed by atoms with van der Waals surface area (Å²) in [4.78, 5) is 14.1. The van der Waals surface area contributed by atoms with Gasteiger partial charge in [-0.2, -0.15) is 0 Å². The Labute approximate surface area is 121 Å². The fourth-order valence-electron chi connectivity index (χ4n) is 2.03. The van der Waals surface area contributed by atoms with E-state index < -0.39 is 0 Å². The van der Waals surface area contributed by atoms with E-state index in [1.807, 2.05) is 11.1 Å². The average molecular weight is 281 g/mol. The SMILES string of the molecule is CCCNCc1cn(CC(=O)N(CCC)CCC)nn1. The van der Waals surface area contributed by atoms with Crippen LogP contribution in [-0.4, -0.2) is 45.4 Å². The number of aromatic nitrogens is 3. The second-order valence-electron chi connectivity index (χ2n) is 4.97. The molecule has 114 valence electrons. The quantitative estimate of drug-likeness (QED) is 0.659.